The van der Waals surface area contributed by atoms with Gasteiger partial charge >= 0.3 is 0 Å². The Morgan fingerprint density at radius 1 is 1.41 bits per heavy atom. The molecule has 0 aromatic heterocycles. The number of nitrogens with one attached hydrogen (secondary N) is 1. The summed E-state index contributed by atoms with van der Waals surface area (Å²) in [6, 6.07) is 0. The third-order valence-electron chi connectivity index (χ3n) is 3.33. The Morgan fingerprint density at radius 3 is 2.71 bits per heavy atom. The Labute approximate surface area is 105 Å². The zero-order valence-corrected chi connectivity index (χ0v) is 11.2. The standard InChI is InChI=1S/C13H27NO3/c1-3-7-14-13(2,11-15)6-10-17-12-4-8-16-9-5-12/h12,14-15H,3-11H2,1-2H3. The lowest BCUT2D eigenvalue weighted by Gasteiger charge is -2.30. The molecule has 1 fully saturated rings. The van der Waals surface area contributed by atoms with Gasteiger partial charge in [-0.15, -0.1) is 0 Å². The molecule has 2 N–H and O–H groups in total. The van der Waals surface area contributed by atoms with E-state index < -0.39 is 0 Å². The van der Waals surface area contributed by atoms with Crippen LogP contribution in [0.3, 0.4) is 0 Å². The van der Waals surface area contributed by atoms with Crippen molar-refractivity contribution in [2.45, 2.75) is 51.2 Å². The molecule has 0 aromatic carbocycles. The van der Waals surface area contributed by atoms with Crippen molar-refractivity contribution in [2.75, 3.05) is 33.0 Å². The molecule has 0 amide bonds. The van der Waals surface area contributed by atoms with Crippen molar-refractivity contribution in [3.05, 3.63) is 0 Å². The molecule has 4 nitrogen and oxygen atoms in total. The number of hydrogen-bond donors (Lipinski definition) is 2. The average molecular weight is 245 g/mol. The Kier molecular flexibility index (Phi) is 7.04. The molecule has 17 heavy (non-hydrogen) atoms. The predicted molar refractivity (Wildman–Crippen MR) is 68.2 cm³/mol. The van der Waals surface area contributed by atoms with Gasteiger partial charge in [-0.2, -0.15) is 0 Å². The second-order valence-electron chi connectivity index (χ2n) is 5.08. The summed E-state index contributed by atoms with van der Waals surface area (Å²) in [5.74, 6) is 0. The van der Waals surface area contributed by atoms with Crippen LogP contribution < -0.4 is 5.32 Å². The molecule has 0 saturated carbocycles. The average Bonchev–Trinajstić information content (AvgIpc) is 2.38. The fourth-order valence-corrected chi connectivity index (χ4v) is 1.94. The molecular weight excluding hydrogens is 218 g/mol. The summed E-state index contributed by atoms with van der Waals surface area (Å²) < 4.78 is 11.1. The quantitative estimate of drug-likeness (QED) is 0.677. The van der Waals surface area contributed by atoms with Gasteiger partial charge in [0.1, 0.15) is 0 Å². The minimum atomic E-state index is -0.207. The number of hydrogen-bond acceptors (Lipinski definition) is 4. The van der Waals surface area contributed by atoms with Gasteiger partial charge < -0.3 is 19.9 Å². The summed E-state index contributed by atoms with van der Waals surface area (Å²) in [5.41, 5.74) is -0.207. The van der Waals surface area contributed by atoms with E-state index in [1.54, 1.807) is 0 Å². The van der Waals surface area contributed by atoms with Gasteiger partial charge in [-0.05, 0) is 39.2 Å². The van der Waals surface area contributed by atoms with E-state index in [1.165, 1.54) is 0 Å². The SMILES string of the molecule is CCCNC(C)(CO)CCOC1CCOCC1. The maximum absolute atomic E-state index is 9.41. The molecule has 102 valence electrons. The maximum atomic E-state index is 9.41. The van der Waals surface area contributed by atoms with Crippen molar-refractivity contribution in [3.63, 3.8) is 0 Å². The molecule has 1 atom stereocenters. The summed E-state index contributed by atoms with van der Waals surface area (Å²) >= 11 is 0. The molecule has 0 aliphatic carbocycles. The second kappa shape index (κ2) is 8.03. The Morgan fingerprint density at radius 2 is 2.12 bits per heavy atom. The number of rotatable bonds is 8. The van der Waals surface area contributed by atoms with Gasteiger partial charge in [0.15, 0.2) is 0 Å². The van der Waals surface area contributed by atoms with Crippen molar-refractivity contribution in [3.8, 4) is 0 Å². The molecule has 1 unspecified atom stereocenters. The summed E-state index contributed by atoms with van der Waals surface area (Å²) in [6.07, 6.45) is 4.27. The van der Waals surface area contributed by atoms with E-state index in [4.69, 9.17) is 9.47 Å². The number of aliphatic hydroxyl groups is 1. The molecule has 1 aliphatic rings. The minimum Gasteiger partial charge on any atom is -0.394 e. The Hall–Kier alpha value is -0.160. The van der Waals surface area contributed by atoms with Crippen LogP contribution in [-0.2, 0) is 9.47 Å². The molecule has 0 aromatic rings. The summed E-state index contributed by atoms with van der Waals surface area (Å²) in [5, 5.41) is 12.8. The minimum absolute atomic E-state index is 0.157. The molecule has 0 bridgehead atoms. The molecule has 0 spiro atoms. The fourth-order valence-electron chi connectivity index (χ4n) is 1.94. The normalized spacial score (nSPS) is 21.4. The molecule has 1 rings (SSSR count). The molecule has 4 heteroatoms. The summed E-state index contributed by atoms with van der Waals surface area (Å²) in [7, 11) is 0. The first kappa shape index (κ1) is 14.9. The first-order chi connectivity index (χ1) is 8.20. The van der Waals surface area contributed by atoms with Crippen molar-refractivity contribution in [2.24, 2.45) is 0 Å². The lowest BCUT2D eigenvalue weighted by molar-refractivity contribution is -0.0389. The highest BCUT2D eigenvalue weighted by Crippen LogP contribution is 2.14. The van der Waals surface area contributed by atoms with Crippen LogP contribution in [0, 0.1) is 0 Å². The van der Waals surface area contributed by atoms with Crippen LogP contribution in [0.5, 0.6) is 0 Å². The highest BCUT2D eigenvalue weighted by molar-refractivity contribution is 4.82. The number of aliphatic hydroxyl groups excluding tert-OH is 1. The third-order valence-corrected chi connectivity index (χ3v) is 3.33. The van der Waals surface area contributed by atoms with Gasteiger partial charge in [-0.25, -0.2) is 0 Å². The second-order valence-corrected chi connectivity index (χ2v) is 5.08. The van der Waals surface area contributed by atoms with E-state index in [9.17, 15) is 5.11 Å². The first-order valence-electron chi connectivity index (χ1n) is 6.75. The van der Waals surface area contributed by atoms with E-state index in [2.05, 4.69) is 19.2 Å². The van der Waals surface area contributed by atoms with Gasteiger partial charge in [-0.1, -0.05) is 6.92 Å². The van der Waals surface area contributed by atoms with Crippen LogP contribution in [0.4, 0.5) is 0 Å². The van der Waals surface area contributed by atoms with Crippen molar-refractivity contribution < 1.29 is 14.6 Å². The van der Waals surface area contributed by atoms with E-state index in [0.717, 1.165) is 45.4 Å². The zero-order chi connectivity index (χ0) is 12.6. The first-order valence-corrected chi connectivity index (χ1v) is 6.75. The topological polar surface area (TPSA) is 50.7 Å². The third kappa shape index (κ3) is 5.82. The lowest BCUT2D eigenvalue weighted by Crippen LogP contribution is -2.47. The van der Waals surface area contributed by atoms with Crippen LogP contribution >= 0.6 is 0 Å². The predicted octanol–water partition coefficient (Wildman–Crippen LogP) is 1.32. The summed E-state index contributed by atoms with van der Waals surface area (Å²) in [4.78, 5) is 0. The van der Waals surface area contributed by atoms with Crippen molar-refractivity contribution >= 4 is 0 Å². The largest absolute Gasteiger partial charge is 0.394 e. The maximum Gasteiger partial charge on any atom is 0.0619 e. The van der Waals surface area contributed by atoms with E-state index in [0.29, 0.717) is 12.7 Å². The van der Waals surface area contributed by atoms with Crippen LogP contribution in [0.15, 0.2) is 0 Å². The molecule has 1 aliphatic heterocycles. The van der Waals surface area contributed by atoms with Gasteiger partial charge in [0, 0.05) is 25.4 Å². The Balaban J connectivity index is 2.17. The van der Waals surface area contributed by atoms with Crippen LogP contribution in [-0.4, -0.2) is 49.7 Å². The van der Waals surface area contributed by atoms with E-state index >= 15 is 0 Å². The summed E-state index contributed by atoms with van der Waals surface area (Å²) in [6.45, 7) is 7.61. The smallest absolute Gasteiger partial charge is 0.0619 e. The molecule has 0 radical (unpaired) electrons. The van der Waals surface area contributed by atoms with Crippen LogP contribution in [0.1, 0.15) is 39.5 Å². The van der Waals surface area contributed by atoms with Gasteiger partial charge in [0.2, 0.25) is 0 Å². The van der Waals surface area contributed by atoms with Crippen LogP contribution in [0.2, 0.25) is 0 Å². The highest BCUT2D eigenvalue weighted by atomic mass is 16.5. The van der Waals surface area contributed by atoms with E-state index in [-0.39, 0.29) is 12.1 Å². The highest BCUT2D eigenvalue weighted by Gasteiger charge is 2.23. The van der Waals surface area contributed by atoms with Crippen LogP contribution in [0.25, 0.3) is 0 Å². The molecular formula is C13H27NO3. The van der Waals surface area contributed by atoms with Gasteiger partial charge in [0.25, 0.3) is 0 Å². The molecule has 1 heterocycles. The van der Waals surface area contributed by atoms with Crippen molar-refractivity contribution in [1.29, 1.82) is 0 Å². The number of ether oxygens (including phenoxy) is 2. The monoisotopic (exact) mass is 245 g/mol. The Bertz CT molecular complexity index is 195. The fraction of sp³-hybridized carbons (Fsp3) is 1.00. The van der Waals surface area contributed by atoms with Crippen molar-refractivity contribution in [1.82, 2.24) is 5.32 Å². The molecule has 1 saturated heterocycles. The van der Waals surface area contributed by atoms with E-state index in [1.807, 2.05) is 0 Å². The zero-order valence-electron chi connectivity index (χ0n) is 11.2. The van der Waals surface area contributed by atoms with Gasteiger partial charge in [-0.3, -0.25) is 0 Å². The van der Waals surface area contributed by atoms with Gasteiger partial charge in [0.05, 0.1) is 12.7 Å². The lowest BCUT2D eigenvalue weighted by atomic mass is 9.99.